The van der Waals surface area contributed by atoms with Gasteiger partial charge in [0, 0.05) is 28.8 Å². The monoisotopic (exact) mass is 423 g/mol. The number of carbonyl (C=O) groups is 1. The van der Waals surface area contributed by atoms with Crippen LogP contribution in [0.4, 0.5) is 5.82 Å². The van der Waals surface area contributed by atoms with Gasteiger partial charge in [-0.2, -0.15) is 0 Å². The maximum Gasteiger partial charge on any atom is 0.343 e. The molecule has 1 N–H and O–H groups in total. The van der Waals surface area contributed by atoms with Gasteiger partial charge in [-0.15, -0.1) is 0 Å². The second-order valence-electron chi connectivity index (χ2n) is 7.06. The van der Waals surface area contributed by atoms with E-state index in [1.54, 1.807) is 13.0 Å². The Bertz CT molecular complexity index is 1090. The predicted molar refractivity (Wildman–Crippen MR) is 116 cm³/mol. The van der Waals surface area contributed by atoms with Gasteiger partial charge in [0.25, 0.3) is 0 Å². The smallest absolute Gasteiger partial charge is 0.343 e. The van der Waals surface area contributed by atoms with Crippen molar-refractivity contribution in [2.24, 2.45) is 0 Å². The number of anilines is 1. The van der Waals surface area contributed by atoms with Crippen LogP contribution in [0.3, 0.4) is 0 Å². The van der Waals surface area contributed by atoms with Crippen LogP contribution in [0, 0.1) is 6.92 Å². The summed E-state index contributed by atoms with van der Waals surface area (Å²) in [5.41, 5.74) is 3.21. The lowest BCUT2D eigenvalue weighted by Crippen LogP contribution is -2.22. The van der Waals surface area contributed by atoms with Crippen molar-refractivity contribution in [2.75, 3.05) is 18.5 Å². The molecule has 1 unspecified atom stereocenters. The van der Waals surface area contributed by atoms with E-state index in [1.807, 2.05) is 43.3 Å². The number of hydrogen-bond acceptors (Lipinski definition) is 6. The average Bonchev–Trinajstić information content (AvgIpc) is 2.74. The first-order chi connectivity index (χ1) is 14.5. The zero-order valence-corrected chi connectivity index (χ0v) is 17.6. The number of halogens is 1. The lowest BCUT2D eigenvalue weighted by atomic mass is 10.0. The Kier molecular flexibility index (Phi) is 5.86. The molecule has 6 nitrogen and oxygen atoms in total. The third kappa shape index (κ3) is 4.24. The standard InChI is InChI=1S/C23H22ClN3O3/c1-3-29-23(28)18-13-25-21(15-6-4-5-14(2)11-15)27-22(18)26-19-9-10-30-20-8-7-16(24)12-17(19)20/h4-8,11-13,19H,3,9-10H2,1-2H3,(H,25,26,27). The Morgan fingerprint density at radius 2 is 2.17 bits per heavy atom. The molecule has 1 aromatic heterocycles. The number of rotatable bonds is 5. The molecule has 2 heterocycles. The first-order valence-electron chi connectivity index (χ1n) is 9.85. The Hall–Kier alpha value is -3.12. The van der Waals surface area contributed by atoms with Crippen molar-refractivity contribution < 1.29 is 14.3 Å². The highest BCUT2D eigenvalue weighted by atomic mass is 35.5. The Labute approximate surface area is 180 Å². The zero-order chi connectivity index (χ0) is 21.1. The molecule has 2 aromatic carbocycles. The number of esters is 1. The van der Waals surface area contributed by atoms with Crippen LogP contribution < -0.4 is 10.1 Å². The molecule has 3 aromatic rings. The van der Waals surface area contributed by atoms with Gasteiger partial charge < -0.3 is 14.8 Å². The highest BCUT2D eigenvalue weighted by Gasteiger charge is 2.25. The van der Waals surface area contributed by atoms with E-state index in [0.717, 1.165) is 22.4 Å². The average molecular weight is 424 g/mol. The van der Waals surface area contributed by atoms with Crippen molar-refractivity contribution in [1.82, 2.24) is 9.97 Å². The van der Waals surface area contributed by atoms with Gasteiger partial charge in [-0.1, -0.05) is 35.4 Å². The minimum absolute atomic E-state index is 0.110. The summed E-state index contributed by atoms with van der Waals surface area (Å²) >= 11 is 6.20. The van der Waals surface area contributed by atoms with E-state index >= 15 is 0 Å². The van der Waals surface area contributed by atoms with Crippen LogP contribution in [0.15, 0.2) is 48.7 Å². The van der Waals surface area contributed by atoms with Crippen LogP contribution >= 0.6 is 11.6 Å². The van der Waals surface area contributed by atoms with Gasteiger partial charge in [0.2, 0.25) is 0 Å². The molecule has 1 aliphatic rings. The van der Waals surface area contributed by atoms with Crippen molar-refractivity contribution in [3.63, 3.8) is 0 Å². The lowest BCUT2D eigenvalue weighted by molar-refractivity contribution is 0.0526. The van der Waals surface area contributed by atoms with Gasteiger partial charge in [0.05, 0.1) is 19.3 Å². The van der Waals surface area contributed by atoms with Crippen LogP contribution in [0.25, 0.3) is 11.4 Å². The third-order valence-electron chi connectivity index (χ3n) is 4.88. The summed E-state index contributed by atoms with van der Waals surface area (Å²) < 4.78 is 11.0. The maximum atomic E-state index is 12.5. The normalized spacial score (nSPS) is 15.1. The van der Waals surface area contributed by atoms with Crippen LogP contribution in [0.1, 0.15) is 40.9 Å². The van der Waals surface area contributed by atoms with E-state index in [-0.39, 0.29) is 12.6 Å². The number of aryl methyl sites for hydroxylation is 1. The molecule has 7 heteroatoms. The molecule has 0 bridgehead atoms. The van der Waals surface area contributed by atoms with Gasteiger partial charge in [0.15, 0.2) is 5.82 Å². The number of aromatic nitrogens is 2. The van der Waals surface area contributed by atoms with Gasteiger partial charge in [-0.25, -0.2) is 14.8 Å². The predicted octanol–water partition coefficient (Wildman–Crippen LogP) is 5.22. The highest BCUT2D eigenvalue weighted by molar-refractivity contribution is 6.30. The number of nitrogens with one attached hydrogen (secondary N) is 1. The number of nitrogens with zero attached hydrogens (tertiary/aromatic N) is 2. The van der Waals surface area contributed by atoms with Crippen molar-refractivity contribution in [1.29, 1.82) is 0 Å². The molecule has 0 saturated carbocycles. The van der Waals surface area contributed by atoms with Crippen molar-refractivity contribution >= 4 is 23.4 Å². The van der Waals surface area contributed by atoms with E-state index in [0.29, 0.717) is 35.3 Å². The topological polar surface area (TPSA) is 73.3 Å². The molecular weight excluding hydrogens is 402 g/mol. The fourth-order valence-corrected chi connectivity index (χ4v) is 3.63. The molecule has 154 valence electrons. The first kappa shape index (κ1) is 20.2. The Morgan fingerprint density at radius 3 is 2.97 bits per heavy atom. The van der Waals surface area contributed by atoms with Crippen LogP contribution in [-0.2, 0) is 4.74 Å². The van der Waals surface area contributed by atoms with Gasteiger partial charge in [-0.3, -0.25) is 0 Å². The number of fused-ring (bicyclic) bond motifs is 1. The zero-order valence-electron chi connectivity index (χ0n) is 16.8. The van der Waals surface area contributed by atoms with Crippen molar-refractivity contribution in [2.45, 2.75) is 26.3 Å². The van der Waals surface area contributed by atoms with E-state index in [4.69, 9.17) is 21.1 Å². The molecule has 1 aliphatic heterocycles. The third-order valence-corrected chi connectivity index (χ3v) is 5.12. The molecule has 0 saturated heterocycles. The minimum atomic E-state index is -0.464. The summed E-state index contributed by atoms with van der Waals surface area (Å²) in [7, 11) is 0. The van der Waals surface area contributed by atoms with E-state index in [1.165, 1.54) is 6.20 Å². The summed E-state index contributed by atoms with van der Waals surface area (Å²) in [6.07, 6.45) is 2.22. The summed E-state index contributed by atoms with van der Waals surface area (Å²) in [6.45, 7) is 4.60. The van der Waals surface area contributed by atoms with Crippen LogP contribution in [0.5, 0.6) is 5.75 Å². The van der Waals surface area contributed by atoms with Crippen molar-refractivity contribution in [3.8, 4) is 17.1 Å². The number of benzene rings is 2. The first-order valence-corrected chi connectivity index (χ1v) is 10.2. The quantitative estimate of drug-likeness (QED) is 0.567. The Balaban J connectivity index is 1.74. The second kappa shape index (κ2) is 8.71. The number of carbonyl (C=O) groups excluding carboxylic acids is 1. The second-order valence-corrected chi connectivity index (χ2v) is 7.50. The molecule has 1 atom stereocenters. The Morgan fingerprint density at radius 1 is 1.30 bits per heavy atom. The van der Waals surface area contributed by atoms with E-state index in [9.17, 15) is 4.79 Å². The van der Waals surface area contributed by atoms with E-state index in [2.05, 4.69) is 15.3 Å². The highest BCUT2D eigenvalue weighted by Crippen LogP contribution is 2.36. The molecule has 0 amide bonds. The van der Waals surface area contributed by atoms with Crippen LogP contribution in [-0.4, -0.2) is 29.2 Å². The summed E-state index contributed by atoms with van der Waals surface area (Å²) in [5, 5.41) is 4.03. The number of ether oxygens (including phenoxy) is 2. The maximum absolute atomic E-state index is 12.5. The molecular formula is C23H22ClN3O3. The van der Waals surface area contributed by atoms with Crippen molar-refractivity contribution in [3.05, 3.63) is 70.4 Å². The summed E-state index contributed by atoms with van der Waals surface area (Å²) in [6, 6.07) is 13.3. The summed E-state index contributed by atoms with van der Waals surface area (Å²) in [5.74, 6) is 1.27. The van der Waals surface area contributed by atoms with Gasteiger partial charge in [0.1, 0.15) is 17.1 Å². The largest absolute Gasteiger partial charge is 0.493 e. The molecule has 0 fully saturated rings. The lowest BCUT2D eigenvalue weighted by Gasteiger charge is -2.28. The molecule has 0 spiro atoms. The summed E-state index contributed by atoms with van der Waals surface area (Å²) in [4.78, 5) is 21.6. The van der Waals surface area contributed by atoms with Crippen LogP contribution in [0.2, 0.25) is 5.02 Å². The molecule has 0 radical (unpaired) electrons. The van der Waals surface area contributed by atoms with Gasteiger partial charge in [-0.05, 0) is 38.1 Å². The number of hydrogen-bond donors (Lipinski definition) is 1. The van der Waals surface area contributed by atoms with E-state index < -0.39 is 5.97 Å². The minimum Gasteiger partial charge on any atom is -0.493 e. The molecule has 4 rings (SSSR count). The fourth-order valence-electron chi connectivity index (χ4n) is 3.45. The molecule has 30 heavy (non-hydrogen) atoms. The molecule has 0 aliphatic carbocycles. The SMILES string of the molecule is CCOC(=O)c1cnc(-c2cccc(C)c2)nc1NC1CCOc2ccc(Cl)cc21. The fraction of sp³-hybridized carbons (Fsp3) is 0.261. The van der Waals surface area contributed by atoms with Gasteiger partial charge >= 0.3 is 5.97 Å².